The lowest BCUT2D eigenvalue weighted by Crippen LogP contribution is -2.26. The van der Waals surface area contributed by atoms with Crippen LogP contribution in [0.5, 0.6) is 17.4 Å². The molecule has 2 N–H and O–H groups in total. The van der Waals surface area contributed by atoms with Crippen LogP contribution in [0.1, 0.15) is 75.4 Å². The number of ketones is 1. The van der Waals surface area contributed by atoms with Crippen molar-refractivity contribution in [1.82, 2.24) is 19.4 Å². The van der Waals surface area contributed by atoms with Crippen LogP contribution in [-0.4, -0.2) is 57.2 Å². The maximum Gasteiger partial charge on any atom is 0.242 e. The lowest BCUT2D eigenvalue weighted by Gasteiger charge is -2.25. The average molecular weight is 500 g/mol. The highest BCUT2D eigenvalue weighted by molar-refractivity contribution is 5.97. The molecule has 0 aliphatic heterocycles. The number of rotatable bonds is 11. The highest BCUT2D eigenvalue weighted by Crippen LogP contribution is 2.40. The molecule has 3 rings (SSSR count). The molecule has 0 atom stereocenters. The van der Waals surface area contributed by atoms with Gasteiger partial charge < -0.3 is 19.3 Å². The van der Waals surface area contributed by atoms with Gasteiger partial charge in [0.25, 0.3) is 0 Å². The van der Waals surface area contributed by atoms with Gasteiger partial charge in [-0.25, -0.2) is 4.68 Å². The van der Waals surface area contributed by atoms with Crippen molar-refractivity contribution in [2.45, 2.75) is 65.8 Å². The molecular weight excluding hydrogens is 462 g/mol. The minimum Gasteiger partial charge on any atom is -0.493 e. The van der Waals surface area contributed by atoms with Crippen LogP contribution in [0.25, 0.3) is 5.65 Å². The number of ether oxygens (including phenoxy) is 3. The van der Waals surface area contributed by atoms with E-state index in [0.717, 1.165) is 11.1 Å². The molecule has 0 aliphatic carbocycles. The fourth-order valence-electron chi connectivity index (χ4n) is 3.88. The Balaban J connectivity index is 2.06. The number of aromatic nitrogens is 4. The number of hydrogen-bond acceptors (Lipinski definition) is 8. The van der Waals surface area contributed by atoms with Crippen molar-refractivity contribution < 1.29 is 24.1 Å². The number of nitrogens with zero attached hydrogens (tertiary/aromatic N) is 4. The molecule has 0 bridgehead atoms. The van der Waals surface area contributed by atoms with Gasteiger partial charge in [-0.3, -0.25) is 10.2 Å². The SMILES string of the molecule is CCOc1cc(C(C)C)c2nn(CC(=O)c3cc(OCCCO)c(OC)c(C(C)(C)C)c3)c(=N)n2n1. The number of aliphatic hydroxyl groups excluding tert-OH is 1. The fourth-order valence-corrected chi connectivity index (χ4v) is 3.88. The van der Waals surface area contributed by atoms with Crippen LogP contribution in [0, 0.1) is 5.41 Å². The molecule has 10 heteroatoms. The van der Waals surface area contributed by atoms with Gasteiger partial charge in [0.15, 0.2) is 22.9 Å². The van der Waals surface area contributed by atoms with Gasteiger partial charge in [0, 0.05) is 35.8 Å². The summed E-state index contributed by atoms with van der Waals surface area (Å²) in [5.74, 6) is 1.31. The fraction of sp³-hybridized carbons (Fsp3) is 0.538. The number of hydrogen-bond donors (Lipinski definition) is 2. The quantitative estimate of drug-likeness (QED) is 0.306. The Labute approximate surface area is 211 Å². The molecule has 0 amide bonds. The molecule has 36 heavy (non-hydrogen) atoms. The van der Waals surface area contributed by atoms with Gasteiger partial charge >= 0.3 is 0 Å². The number of benzene rings is 1. The minimum atomic E-state index is -0.320. The van der Waals surface area contributed by atoms with E-state index in [9.17, 15) is 4.79 Å². The summed E-state index contributed by atoms with van der Waals surface area (Å²) in [7, 11) is 1.57. The molecule has 0 aliphatic rings. The number of fused-ring (bicyclic) bond motifs is 1. The Bertz CT molecular complexity index is 1290. The van der Waals surface area contributed by atoms with E-state index >= 15 is 0 Å². The smallest absolute Gasteiger partial charge is 0.242 e. The van der Waals surface area contributed by atoms with Crippen LogP contribution in [0.2, 0.25) is 0 Å². The second kappa shape index (κ2) is 11.1. The van der Waals surface area contributed by atoms with Crippen molar-refractivity contribution in [2.24, 2.45) is 0 Å². The summed E-state index contributed by atoms with van der Waals surface area (Å²) >= 11 is 0. The molecule has 2 aromatic heterocycles. The highest BCUT2D eigenvalue weighted by Gasteiger charge is 2.26. The van der Waals surface area contributed by atoms with Crippen LogP contribution in [0.3, 0.4) is 0 Å². The standard InChI is InChI=1S/C26H37N5O5/c1-8-35-22-14-18(16(2)3)24-29-30(25(27)31(24)28-22)15-20(33)17-12-19(26(4,5)6)23(34-7)21(13-17)36-11-9-10-32/h12-14,16,27,32H,8-11,15H2,1-7H3. The van der Waals surface area contributed by atoms with Gasteiger partial charge in [0.1, 0.15) is 6.54 Å². The number of aliphatic hydroxyl groups is 1. The first-order valence-corrected chi connectivity index (χ1v) is 12.2. The molecular formula is C26H37N5O5. The van der Waals surface area contributed by atoms with E-state index in [-0.39, 0.29) is 42.5 Å². The summed E-state index contributed by atoms with van der Waals surface area (Å²) in [6.45, 7) is 12.6. The average Bonchev–Trinajstić information content (AvgIpc) is 3.12. The maximum atomic E-state index is 13.5. The van der Waals surface area contributed by atoms with E-state index in [0.29, 0.717) is 41.6 Å². The zero-order chi connectivity index (χ0) is 26.6. The van der Waals surface area contributed by atoms with Crippen molar-refractivity contribution >= 4 is 11.4 Å². The zero-order valence-corrected chi connectivity index (χ0v) is 22.2. The molecule has 0 unspecified atom stereocenters. The van der Waals surface area contributed by atoms with Gasteiger partial charge in [0.2, 0.25) is 11.5 Å². The van der Waals surface area contributed by atoms with Crippen LogP contribution in [-0.2, 0) is 12.0 Å². The van der Waals surface area contributed by atoms with E-state index in [1.165, 1.54) is 9.20 Å². The van der Waals surface area contributed by atoms with Crippen molar-refractivity contribution in [3.63, 3.8) is 0 Å². The van der Waals surface area contributed by atoms with E-state index in [1.54, 1.807) is 13.2 Å². The van der Waals surface area contributed by atoms with E-state index in [2.05, 4.69) is 10.2 Å². The topological polar surface area (TPSA) is 124 Å². The van der Waals surface area contributed by atoms with E-state index < -0.39 is 0 Å². The molecule has 0 saturated carbocycles. The number of carbonyl (C=O) groups is 1. The molecule has 196 valence electrons. The number of methoxy groups -OCH3 is 1. The Morgan fingerprint density at radius 1 is 1.17 bits per heavy atom. The molecule has 0 radical (unpaired) electrons. The summed E-state index contributed by atoms with van der Waals surface area (Å²) in [5, 5.41) is 26.7. The summed E-state index contributed by atoms with van der Waals surface area (Å²) in [6, 6.07) is 5.29. The van der Waals surface area contributed by atoms with Gasteiger partial charge in [-0.1, -0.05) is 34.6 Å². The Morgan fingerprint density at radius 2 is 1.89 bits per heavy atom. The third-order valence-electron chi connectivity index (χ3n) is 5.75. The van der Waals surface area contributed by atoms with Crippen molar-refractivity contribution in [3.05, 3.63) is 40.5 Å². The predicted molar refractivity (Wildman–Crippen MR) is 135 cm³/mol. The van der Waals surface area contributed by atoms with Crippen molar-refractivity contribution in [3.8, 4) is 17.4 Å². The molecule has 0 saturated heterocycles. The normalized spacial score (nSPS) is 11.8. The highest BCUT2D eigenvalue weighted by atomic mass is 16.5. The summed E-state index contributed by atoms with van der Waals surface area (Å²) in [4.78, 5) is 13.5. The van der Waals surface area contributed by atoms with Gasteiger partial charge in [-0.05, 0) is 30.4 Å². The molecule has 3 aromatic rings. The third-order valence-corrected chi connectivity index (χ3v) is 5.75. The summed E-state index contributed by atoms with van der Waals surface area (Å²) in [5.41, 5.74) is 2.31. The van der Waals surface area contributed by atoms with Gasteiger partial charge in [-0.15, -0.1) is 10.2 Å². The molecule has 1 aromatic carbocycles. The van der Waals surface area contributed by atoms with Gasteiger partial charge in [-0.2, -0.15) is 4.52 Å². The Hall–Kier alpha value is -3.40. The van der Waals surface area contributed by atoms with Crippen molar-refractivity contribution in [1.29, 1.82) is 5.41 Å². The van der Waals surface area contributed by atoms with Crippen molar-refractivity contribution in [2.75, 3.05) is 26.9 Å². The lowest BCUT2D eigenvalue weighted by atomic mass is 9.84. The van der Waals surface area contributed by atoms with Crippen LogP contribution in [0.4, 0.5) is 0 Å². The first-order chi connectivity index (χ1) is 17.0. The Morgan fingerprint density at radius 3 is 2.47 bits per heavy atom. The Kier molecular flexibility index (Phi) is 8.39. The second-order valence-electron chi connectivity index (χ2n) is 9.90. The lowest BCUT2D eigenvalue weighted by molar-refractivity contribution is 0.0964. The molecule has 0 fully saturated rings. The predicted octanol–water partition coefficient (Wildman–Crippen LogP) is 3.48. The van der Waals surface area contributed by atoms with Crippen LogP contribution >= 0.6 is 0 Å². The van der Waals surface area contributed by atoms with Crippen LogP contribution < -0.4 is 19.8 Å². The number of Topliss-reactive ketones (excluding diaryl/α,β-unsaturated/α-hetero) is 1. The number of carbonyl (C=O) groups excluding carboxylic acids is 1. The van der Waals surface area contributed by atoms with E-state index in [4.69, 9.17) is 24.7 Å². The zero-order valence-electron chi connectivity index (χ0n) is 22.2. The molecule has 10 nitrogen and oxygen atoms in total. The first kappa shape index (κ1) is 27.2. The summed E-state index contributed by atoms with van der Waals surface area (Å²) < 4.78 is 19.8. The number of nitrogens with one attached hydrogen (secondary N) is 1. The molecule has 0 spiro atoms. The monoisotopic (exact) mass is 499 g/mol. The summed E-state index contributed by atoms with van der Waals surface area (Å²) in [6.07, 6.45) is 0.459. The third kappa shape index (κ3) is 5.70. The van der Waals surface area contributed by atoms with Gasteiger partial charge in [0.05, 0.1) is 20.3 Å². The van der Waals surface area contributed by atoms with Crippen LogP contribution in [0.15, 0.2) is 18.2 Å². The largest absolute Gasteiger partial charge is 0.493 e. The first-order valence-electron chi connectivity index (χ1n) is 12.2. The van der Waals surface area contributed by atoms with E-state index in [1.807, 2.05) is 53.7 Å². The minimum absolute atomic E-state index is 0.00127. The maximum absolute atomic E-state index is 13.5. The second-order valence-corrected chi connectivity index (χ2v) is 9.90. The molecule has 2 heterocycles.